The van der Waals surface area contributed by atoms with Crippen molar-refractivity contribution in [2.45, 2.75) is 0 Å². The molecule has 0 bridgehead atoms. The molecule has 11 aromatic rings. The number of nitrogens with zero attached hydrogens (tertiary/aromatic N) is 2. The Hall–Kier alpha value is -7.43. The molecule has 0 atom stereocenters. The summed E-state index contributed by atoms with van der Waals surface area (Å²) in [7, 11) is 0. The molecule has 9 aromatic carbocycles. The standard InChI is InChI=1S/C51H32N2O2/c1-2-10-33(11-3-1)35-18-24-39(25-19-35)53(41-28-22-34-12-4-5-13-37(34)30-41)40-26-20-36(21-27-40)38-23-29-48-44(31-38)45-32-46(42-14-6-7-15-43(42)50(45)54-48)51-52-47-16-8-9-17-49(47)55-51/h1-32H. The van der Waals surface area contributed by atoms with Crippen molar-refractivity contribution in [3.8, 4) is 33.7 Å². The van der Waals surface area contributed by atoms with E-state index >= 15 is 0 Å². The van der Waals surface area contributed by atoms with Gasteiger partial charge in [0.1, 0.15) is 16.7 Å². The summed E-state index contributed by atoms with van der Waals surface area (Å²) < 4.78 is 12.9. The van der Waals surface area contributed by atoms with Crippen molar-refractivity contribution in [2.75, 3.05) is 4.90 Å². The van der Waals surface area contributed by atoms with Gasteiger partial charge in [-0.15, -0.1) is 0 Å². The van der Waals surface area contributed by atoms with Crippen molar-refractivity contribution in [1.82, 2.24) is 4.98 Å². The Morgan fingerprint density at radius 2 is 0.982 bits per heavy atom. The maximum atomic E-state index is 6.56. The Bertz CT molecular complexity index is 3160. The summed E-state index contributed by atoms with van der Waals surface area (Å²) >= 11 is 0. The zero-order valence-electron chi connectivity index (χ0n) is 29.7. The fraction of sp³-hybridized carbons (Fsp3) is 0. The predicted molar refractivity (Wildman–Crippen MR) is 227 cm³/mol. The second kappa shape index (κ2) is 12.6. The lowest BCUT2D eigenvalue weighted by Crippen LogP contribution is -2.09. The molecule has 0 aliphatic carbocycles. The van der Waals surface area contributed by atoms with Crippen molar-refractivity contribution in [3.05, 3.63) is 194 Å². The van der Waals surface area contributed by atoms with E-state index in [1.807, 2.05) is 30.3 Å². The average Bonchev–Trinajstić information content (AvgIpc) is 3.86. The molecule has 2 aromatic heterocycles. The van der Waals surface area contributed by atoms with Crippen LogP contribution in [-0.4, -0.2) is 4.98 Å². The summed E-state index contributed by atoms with van der Waals surface area (Å²) in [6.07, 6.45) is 0. The third kappa shape index (κ3) is 5.34. The van der Waals surface area contributed by atoms with Crippen LogP contribution in [0.4, 0.5) is 17.1 Å². The number of fused-ring (bicyclic) bond motifs is 7. The molecular formula is C51H32N2O2. The van der Waals surface area contributed by atoms with Crippen LogP contribution in [0, 0.1) is 0 Å². The van der Waals surface area contributed by atoms with E-state index in [2.05, 4.69) is 169 Å². The first-order valence-corrected chi connectivity index (χ1v) is 18.5. The van der Waals surface area contributed by atoms with Gasteiger partial charge in [0, 0.05) is 38.8 Å². The lowest BCUT2D eigenvalue weighted by Gasteiger charge is -2.26. The van der Waals surface area contributed by atoms with E-state index in [9.17, 15) is 0 Å². The van der Waals surface area contributed by atoms with Crippen molar-refractivity contribution in [1.29, 1.82) is 0 Å². The number of rotatable bonds is 6. The van der Waals surface area contributed by atoms with Crippen LogP contribution in [0.25, 0.3) is 88.3 Å². The van der Waals surface area contributed by atoms with E-state index in [1.165, 1.54) is 21.9 Å². The van der Waals surface area contributed by atoms with Crippen LogP contribution in [0.15, 0.2) is 203 Å². The van der Waals surface area contributed by atoms with E-state index in [4.69, 9.17) is 13.8 Å². The molecule has 0 aliphatic heterocycles. The van der Waals surface area contributed by atoms with Gasteiger partial charge in [-0.2, -0.15) is 0 Å². The summed E-state index contributed by atoms with van der Waals surface area (Å²) in [5, 5.41) is 6.58. The first-order valence-electron chi connectivity index (χ1n) is 18.5. The topological polar surface area (TPSA) is 42.4 Å². The van der Waals surface area contributed by atoms with Crippen LogP contribution in [0.3, 0.4) is 0 Å². The second-order valence-corrected chi connectivity index (χ2v) is 14.0. The Balaban J connectivity index is 1.01. The quantitative estimate of drug-likeness (QED) is 0.173. The summed E-state index contributed by atoms with van der Waals surface area (Å²) in [6, 6.07) is 68.3. The molecular weight excluding hydrogens is 673 g/mol. The Morgan fingerprint density at radius 3 is 1.76 bits per heavy atom. The van der Waals surface area contributed by atoms with E-state index in [0.29, 0.717) is 5.89 Å². The van der Waals surface area contributed by atoms with E-state index < -0.39 is 0 Å². The fourth-order valence-electron chi connectivity index (χ4n) is 7.94. The number of hydrogen-bond donors (Lipinski definition) is 0. The smallest absolute Gasteiger partial charge is 0.227 e. The molecule has 2 heterocycles. The first-order chi connectivity index (χ1) is 27.2. The molecule has 0 amide bonds. The highest BCUT2D eigenvalue weighted by Gasteiger charge is 2.19. The summed E-state index contributed by atoms with van der Waals surface area (Å²) in [5.41, 5.74) is 12.2. The molecule has 11 rings (SSSR count). The molecule has 0 fully saturated rings. The molecule has 55 heavy (non-hydrogen) atoms. The summed E-state index contributed by atoms with van der Waals surface area (Å²) in [4.78, 5) is 7.20. The molecule has 0 radical (unpaired) electrons. The molecule has 4 nitrogen and oxygen atoms in total. The largest absolute Gasteiger partial charge is 0.455 e. The van der Waals surface area contributed by atoms with Gasteiger partial charge in [-0.1, -0.05) is 127 Å². The Kier molecular flexibility index (Phi) is 7.14. The minimum atomic E-state index is 0.603. The lowest BCUT2D eigenvalue weighted by atomic mass is 9.98. The van der Waals surface area contributed by atoms with Gasteiger partial charge >= 0.3 is 0 Å². The third-order valence-electron chi connectivity index (χ3n) is 10.7. The third-order valence-corrected chi connectivity index (χ3v) is 10.7. The molecule has 0 spiro atoms. The van der Waals surface area contributed by atoms with Crippen molar-refractivity contribution >= 4 is 71.6 Å². The molecule has 0 saturated carbocycles. The fourth-order valence-corrected chi connectivity index (χ4v) is 7.94. The second-order valence-electron chi connectivity index (χ2n) is 14.0. The lowest BCUT2D eigenvalue weighted by molar-refractivity contribution is 0.620. The highest BCUT2D eigenvalue weighted by molar-refractivity contribution is 6.19. The molecule has 4 heteroatoms. The van der Waals surface area contributed by atoms with Gasteiger partial charge in [0.25, 0.3) is 0 Å². The number of benzene rings is 9. The minimum absolute atomic E-state index is 0.603. The van der Waals surface area contributed by atoms with E-state index in [0.717, 1.165) is 77.6 Å². The zero-order chi connectivity index (χ0) is 36.3. The number of hydrogen-bond acceptors (Lipinski definition) is 4. The normalized spacial score (nSPS) is 11.6. The zero-order valence-corrected chi connectivity index (χ0v) is 29.7. The Morgan fingerprint density at radius 1 is 0.364 bits per heavy atom. The number of anilines is 3. The van der Waals surface area contributed by atoms with Crippen molar-refractivity contribution in [3.63, 3.8) is 0 Å². The Labute approximate surface area is 317 Å². The monoisotopic (exact) mass is 704 g/mol. The van der Waals surface area contributed by atoms with Gasteiger partial charge in [0.15, 0.2) is 5.58 Å². The van der Waals surface area contributed by atoms with Crippen LogP contribution in [0.1, 0.15) is 0 Å². The SMILES string of the molecule is c1ccc(-c2ccc(N(c3ccc(-c4ccc5oc6c7ccccc7c(-c7nc8ccccc8o7)cc6c5c4)cc3)c3ccc4ccccc4c3)cc2)cc1. The maximum absolute atomic E-state index is 6.56. The number of oxazole rings is 1. The molecule has 0 aliphatic rings. The van der Waals surface area contributed by atoms with Crippen molar-refractivity contribution < 1.29 is 8.83 Å². The molecule has 0 unspecified atom stereocenters. The summed E-state index contributed by atoms with van der Waals surface area (Å²) in [5.74, 6) is 0.603. The van der Waals surface area contributed by atoms with Crippen LogP contribution in [0.2, 0.25) is 0 Å². The average molecular weight is 705 g/mol. The van der Waals surface area contributed by atoms with Gasteiger partial charge in [0.2, 0.25) is 5.89 Å². The van der Waals surface area contributed by atoms with Crippen molar-refractivity contribution in [2.24, 2.45) is 0 Å². The predicted octanol–water partition coefficient (Wildman–Crippen LogP) is 14.5. The van der Waals surface area contributed by atoms with Gasteiger partial charge in [-0.05, 0) is 105 Å². The summed E-state index contributed by atoms with van der Waals surface area (Å²) in [6.45, 7) is 0. The minimum Gasteiger partial charge on any atom is -0.455 e. The highest BCUT2D eigenvalue weighted by Crippen LogP contribution is 2.42. The highest BCUT2D eigenvalue weighted by atomic mass is 16.3. The van der Waals surface area contributed by atoms with Gasteiger partial charge in [0.05, 0.1) is 0 Å². The van der Waals surface area contributed by atoms with Gasteiger partial charge in [-0.3, -0.25) is 0 Å². The molecule has 0 N–H and O–H groups in total. The van der Waals surface area contributed by atoms with Crippen LogP contribution in [-0.2, 0) is 0 Å². The first kappa shape index (κ1) is 31.1. The van der Waals surface area contributed by atoms with E-state index in [-0.39, 0.29) is 0 Å². The molecule has 0 saturated heterocycles. The number of aromatic nitrogens is 1. The van der Waals surface area contributed by atoms with Gasteiger partial charge in [-0.25, -0.2) is 4.98 Å². The van der Waals surface area contributed by atoms with Gasteiger partial charge < -0.3 is 13.7 Å². The van der Waals surface area contributed by atoms with Crippen LogP contribution >= 0.6 is 0 Å². The van der Waals surface area contributed by atoms with E-state index in [1.54, 1.807) is 0 Å². The van der Waals surface area contributed by atoms with Crippen LogP contribution < -0.4 is 4.90 Å². The number of para-hydroxylation sites is 2. The number of furan rings is 1. The van der Waals surface area contributed by atoms with Crippen LogP contribution in [0.5, 0.6) is 0 Å². The maximum Gasteiger partial charge on any atom is 0.227 e. The molecule has 258 valence electrons.